The zero-order valence-electron chi connectivity index (χ0n) is 12.4. The van der Waals surface area contributed by atoms with E-state index in [1.807, 2.05) is 42.5 Å². The van der Waals surface area contributed by atoms with Crippen LogP contribution in [0.5, 0.6) is 5.75 Å². The van der Waals surface area contributed by atoms with Gasteiger partial charge in [0.1, 0.15) is 5.75 Å². The second kappa shape index (κ2) is 7.45. The third-order valence-corrected chi connectivity index (χ3v) is 3.26. The van der Waals surface area contributed by atoms with Crippen molar-refractivity contribution in [1.82, 2.24) is 5.32 Å². The average molecular weight is 301 g/mol. The summed E-state index contributed by atoms with van der Waals surface area (Å²) in [4.78, 5) is 22.2. The van der Waals surface area contributed by atoms with Crippen molar-refractivity contribution in [2.45, 2.75) is 13.3 Å². The van der Waals surface area contributed by atoms with Gasteiger partial charge in [0.25, 0.3) is 5.91 Å². The molecule has 5 nitrogen and oxygen atoms in total. The summed E-state index contributed by atoms with van der Waals surface area (Å²) in [6.45, 7) is 2.02. The maximum absolute atomic E-state index is 11.7. The Bertz CT molecular complexity index is 669. The molecule has 0 heterocycles. The van der Waals surface area contributed by atoms with Gasteiger partial charge < -0.3 is 15.2 Å². The first-order valence-corrected chi connectivity index (χ1v) is 7.14. The summed E-state index contributed by atoms with van der Waals surface area (Å²) in [5, 5.41) is 13.5. The van der Waals surface area contributed by atoms with Crippen LogP contribution in [-0.4, -0.2) is 30.1 Å². The third kappa shape index (κ3) is 4.77. The smallest absolute Gasteiger partial charge is 0.303 e. The fourth-order valence-corrected chi connectivity index (χ4v) is 2.12. The molecule has 0 aromatic heterocycles. The first-order valence-electron chi connectivity index (χ1n) is 7.14. The molecular formula is C17H19NO4. The Morgan fingerprint density at radius 1 is 1.18 bits per heavy atom. The van der Waals surface area contributed by atoms with Gasteiger partial charge in [0, 0.05) is 13.0 Å². The molecule has 0 fully saturated rings. The minimum Gasteiger partial charge on any atom is -0.484 e. The number of nitrogens with one attached hydrogen (secondary N) is 1. The molecule has 1 atom stereocenters. The molecule has 0 aliphatic carbocycles. The SMILES string of the molecule is CC(CNC(=O)COc1ccc2ccccc2c1)CC(=O)O. The molecule has 0 radical (unpaired) electrons. The molecule has 0 saturated heterocycles. The minimum absolute atomic E-state index is 0.0335. The van der Waals surface area contributed by atoms with Crippen molar-refractivity contribution >= 4 is 22.6 Å². The van der Waals surface area contributed by atoms with Crippen LogP contribution in [0.25, 0.3) is 10.8 Å². The predicted molar refractivity (Wildman–Crippen MR) is 83.9 cm³/mol. The molecule has 1 unspecified atom stereocenters. The summed E-state index contributed by atoms with van der Waals surface area (Å²) in [5.41, 5.74) is 0. The van der Waals surface area contributed by atoms with Crippen LogP contribution in [0.2, 0.25) is 0 Å². The van der Waals surface area contributed by atoms with Gasteiger partial charge in [-0.25, -0.2) is 0 Å². The van der Waals surface area contributed by atoms with E-state index in [-0.39, 0.29) is 24.9 Å². The molecule has 5 heteroatoms. The molecule has 0 bridgehead atoms. The van der Waals surface area contributed by atoms with Crippen LogP contribution in [0.3, 0.4) is 0 Å². The fourth-order valence-electron chi connectivity index (χ4n) is 2.12. The summed E-state index contributed by atoms with van der Waals surface area (Å²) in [6.07, 6.45) is 0.0335. The van der Waals surface area contributed by atoms with Crippen LogP contribution < -0.4 is 10.1 Å². The maximum atomic E-state index is 11.7. The van der Waals surface area contributed by atoms with Crippen molar-refractivity contribution in [2.24, 2.45) is 5.92 Å². The lowest BCUT2D eigenvalue weighted by Crippen LogP contribution is -2.33. The lowest BCUT2D eigenvalue weighted by Gasteiger charge is -2.11. The number of benzene rings is 2. The molecule has 116 valence electrons. The van der Waals surface area contributed by atoms with Crippen molar-refractivity contribution < 1.29 is 19.4 Å². The third-order valence-electron chi connectivity index (χ3n) is 3.26. The number of carboxylic acids is 1. The van der Waals surface area contributed by atoms with Crippen LogP contribution in [0, 0.1) is 5.92 Å². The molecule has 0 spiro atoms. The number of carbonyl (C=O) groups excluding carboxylic acids is 1. The normalized spacial score (nSPS) is 11.9. The highest BCUT2D eigenvalue weighted by molar-refractivity contribution is 5.84. The van der Waals surface area contributed by atoms with Crippen LogP contribution in [0.4, 0.5) is 0 Å². The van der Waals surface area contributed by atoms with Gasteiger partial charge in [0.05, 0.1) is 0 Å². The maximum Gasteiger partial charge on any atom is 0.303 e. The summed E-state index contributed by atoms with van der Waals surface area (Å²) in [5.74, 6) is -0.603. The van der Waals surface area contributed by atoms with E-state index in [1.54, 1.807) is 6.92 Å². The van der Waals surface area contributed by atoms with Gasteiger partial charge in [0.2, 0.25) is 0 Å². The topological polar surface area (TPSA) is 75.6 Å². The Kier molecular flexibility index (Phi) is 5.36. The Morgan fingerprint density at radius 2 is 1.91 bits per heavy atom. The average Bonchev–Trinajstić information content (AvgIpc) is 2.50. The number of ether oxygens (including phenoxy) is 1. The highest BCUT2D eigenvalue weighted by atomic mass is 16.5. The second-order valence-electron chi connectivity index (χ2n) is 5.30. The van der Waals surface area contributed by atoms with E-state index >= 15 is 0 Å². The first-order chi connectivity index (χ1) is 10.5. The van der Waals surface area contributed by atoms with Gasteiger partial charge in [0.15, 0.2) is 6.61 Å². The lowest BCUT2D eigenvalue weighted by atomic mass is 10.1. The summed E-state index contributed by atoms with van der Waals surface area (Å²) in [6, 6.07) is 13.6. The van der Waals surface area contributed by atoms with Gasteiger partial charge in [-0.05, 0) is 28.8 Å². The largest absolute Gasteiger partial charge is 0.484 e. The highest BCUT2D eigenvalue weighted by Crippen LogP contribution is 2.20. The van der Waals surface area contributed by atoms with Crippen molar-refractivity contribution in [1.29, 1.82) is 0 Å². The van der Waals surface area contributed by atoms with E-state index in [4.69, 9.17) is 9.84 Å². The van der Waals surface area contributed by atoms with E-state index in [0.29, 0.717) is 12.3 Å². The summed E-state index contributed by atoms with van der Waals surface area (Å²) in [7, 11) is 0. The molecule has 2 aromatic rings. The first kappa shape index (κ1) is 15.8. The van der Waals surface area contributed by atoms with E-state index in [1.165, 1.54) is 0 Å². The summed E-state index contributed by atoms with van der Waals surface area (Å²) >= 11 is 0. The highest BCUT2D eigenvalue weighted by Gasteiger charge is 2.09. The second-order valence-corrected chi connectivity index (χ2v) is 5.30. The number of aliphatic carboxylic acids is 1. The molecule has 0 aliphatic rings. The standard InChI is InChI=1S/C17H19NO4/c1-12(8-17(20)21)10-18-16(19)11-22-15-7-6-13-4-2-3-5-14(13)9-15/h2-7,9,12H,8,10-11H2,1H3,(H,18,19)(H,20,21). The Hall–Kier alpha value is -2.56. The van der Waals surface area contributed by atoms with Crippen LogP contribution in [-0.2, 0) is 9.59 Å². The zero-order chi connectivity index (χ0) is 15.9. The predicted octanol–water partition coefficient (Wildman–Crippen LogP) is 2.45. The van der Waals surface area contributed by atoms with Crippen LogP contribution >= 0.6 is 0 Å². The van der Waals surface area contributed by atoms with E-state index in [9.17, 15) is 9.59 Å². The molecule has 2 rings (SSSR count). The van der Waals surface area contributed by atoms with Crippen molar-refractivity contribution in [3.63, 3.8) is 0 Å². The van der Waals surface area contributed by atoms with E-state index < -0.39 is 5.97 Å². The van der Waals surface area contributed by atoms with Gasteiger partial charge in [-0.2, -0.15) is 0 Å². The summed E-state index contributed by atoms with van der Waals surface area (Å²) < 4.78 is 5.46. The van der Waals surface area contributed by atoms with Crippen LogP contribution in [0.1, 0.15) is 13.3 Å². The molecule has 1 amide bonds. The molecule has 0 aliphatic heterocycles. The molecule has 22 heavy (non-hydrogen) atoms. The monoisotopic (exact) mass is 301 g/mol. The molecule has 0 saturated carbocycles. The number of fused-ring (bicyclic) bond motifs is 1. The molecule has 2 N–H and O–H groups in total. The number of hydrogen-bond donors (Lipinski definition) is 2. The van der Waals surface area contributed by atoms with Gasteiger partial charge in [-0.3, -0.25) is 9.59 Å². The van der Waals surface area contributed by atoms with Gasteiger partial charge >= 0.3 is 5.97 Å². The van der Waals surface area contributed by atoms with Crippen molar-refractivity contribution in [3.8, 4) is 5.75 Å². The van der Waals surface area contributed by atoms with E-state index in [2.05, 4.69) is 5.32 Å². The Morgan fingerprint density at radius 3 is 2.64 bits per heavy atom. The number of hydrogen-bond acceptors (Lipinski definition) is 3. The number of carbonyl (C=O) groups is 2. The number of carboxylic acid groups (broad SMARTS) is 1. The minimum atomic E-state index is -0.867. The zero-order valence-corrected chi connectivity index (χ0v) is 12.4. The Labute approximate surface area is 128 Å². The lowest BCUT2D eigenvalue weighted by molar-refractivity contribution is -0.138. The van der Waals surface area contributed by atoms with E-state index in [0.717, 1.165) is 10.8 Å². The Balaban J connectivity index is 1.81. The molecular weight excluding hydrogens is 282 g/mol. The van der Waals surface area contributed by atoms with Crippen molar-refractivity contribution in [3.05, 3.63) is 42.5 Å². The fraction of sp³-hybridized carbons (Fsp3) is 0.294. The van der Waals surface area contributed by atoms with Gasteiger partial charge in [-0.15, -0.1) is 0 Å². The number of amides is 1. The van der Waals surface area contributed by atoms with Crippen molar-refractivity contribution in [2.75, 3.05) is 13.2 Å². The molecule has 2 aromatic carbocycles. The van der Waals surface area contributed by atoms with Gasteiger partial charge in [-0.1, -0.05) is 37.3 Å². The quantitative estimate of drug-likeness (QED) is 0.823. The number of rotatable bonds is 7. The van der Waals surface area contributed by atoms with Crippen LogP contribution in [0.15, 0.2) is 42.5 Å².